The lowest BCUT2D eigenvalue weighted by molar-refractivity contribution is -0.169. The van der Waals surface area contributed by atoms with Crippen LogP contribution in [0.25, 0.3) is 0 Å². The number of piperidine rings is 1. The third-order valence-electron chi connectivity index (χ3n) is 5.88. The largest absolute Gasteiger partial charge is 0.549 e. The Hall–Kier alpha value is -4.10. The van der Waals surface area contributed by atoms with Crippen molar-refractivity contribution in [1.82, 2.24) is 19.6 Å². The van der Waals surface area contributed by atoms with E-state index in [4.69, 9.17) is 32.6 Å². The average molecular weight is 580 g/mol. The summed E-state index contributed by atoms with van der Waals surface area (Å²) in [5.74, 6) is -1.94. The van der Waals surface area contributed by atoms with Gasteiger partial charge in [0.15, 0.2) is 5.69 Å². The summed E-state index contributed by atoms with van der Waals surface area (Å²) < 4.78 is 10.5. The van der Waals surface area contributed by atoms with Crippen molar-refractivity contribution in [3.05, 3.63) is 68.1 Å². The first kappa shape index (κ1) is 27.9. The summed E-state index contributed by atoms with van der Waals surface area (Å²) in [4.78, 5) is 66.7. The minimum atomic E-state index is -1.21. The molecule has 1 atom stereocenters. The number of likely N-dealkylation sites (tertiary alicyclic amines) is 1. The molecule has 0 radical (unpaired) electrons. The molecular weight excluding hydrogens is 557 g/mol. The Bertz CT molecular complexity index is 1440. The Kier molecular flexibility index (Phi) is 8.72. The predicted molar refractivity (Wildman–Crippen MR) is 137 cm³/mol. The van der Waals surface area contributed by atoms with E-state index in [1.165, 1.54) is 30.1 Å². The van der Waals surface area contributed by atoms with Crippen LogP contribution in [-0.2, 0) is 16.7 Å². The van der Waals surface area contributed by atoms with E-state index < -0.39 is 35.0 Å². The topological polar surface area (TPSA) is 155 Å². The maximum absolute atomic E-state index is 13.3. The van der Waals surface area contributed by atoms with Gasteiger partial charge in [0, 0.05) is 31.6 Å². The maximum atomic E-state index is 13.3. The zero-order valence-corrected chi connectivity index (χ0v) is 22.3. The summed E-state index contributed by atoms with van der Waals surface area (Å²) in [5, 5.41) is 6.57. The molecule has 1 N–H and O–H groups in total. The van der Waals surface area contributed by atoms with E-state index in [9.17, 15) is 19.2 Å². The Morgan fingerprint density at radius 2 is 2.03 bits per heavy atom. The standard InChI is InChI=1S/C24H23Cl2N5O8/c1-3-36-24(35)39-38-19-18(21(32)28-15-10-27-37-12-15)29-20(30(2)23(19)34)14-5-4-8-31(11-14)22(33)13-6-7-16(25)17(26)9-13/h6-7,9-10,12,14H,3-5,8,11H2,1-2H3,(H,28,32). The van der Waals surface area contributed by atoms with Crippen LogP contribution in [0.1, 0.15) is 52.4 Å². The molecule has 15 heteroatoms. The number of carbonyl (C=O) groups excluding carboxylic acids is 3. The SMILES string of the molecule is CCOC(=O)OOc1c(C(=O)Nc2cnoc2)nc(C2CCCN(C(=O)c3ccc(Cl)c(Cl)c3)C2)n(C)c1=O. The Labute approximate surface area is 231 Å². The number of carbonyl (C=O) groups is 3. The van der Waals surface area contributed by atoms with Crippen molar-refractivity contribution in [3.8, 4) is 5.75 Å². The number of rotatable bonds is 7. The van der Waals surface area contributed by atoms with Gasteiger partial charge < -0.3 is 19.5 Å². The Morgan fingerprint density at radius 3 is 2.72 bits per heavy atom. The molecule has 1 saturated heterocycles. The first-order valence-electron chi connectivity index (χ1n) is 11.8. The van der Waals surface area contributed by atoms with Crippen molar-refractivity contribution < 1.29 is 33.4 Å². The van der Waals surface area contributed by atoms with Gasteiger partial charge in [0.2, 0.25) is 0 Å². The summed E-state index contributed by atoms with van der Waals surface area (Å²) in [7, 11) is 1.43. The highest BCUT2D eigenvalue weighted by atomic mass is 35.5. The number of aromatic nitrogens is 3. The maximum Gasteiger partial charge on any atom is 0.549 e. The van der Waals surface area contributed by atoms with Gasteiger partial charge in [-0.3, -0.25) is 23.8 Å². The first-order valence-corrected chi connectivity index (χ1v) is 12.5. The Morgan fingerprint density at radius 1 is 1.23 bits per heavy atom. The molecule has 0 bridgehead atoms. The molecule has 3 heterocycles. The monoisotopic (exact) mass is 579 g/mol. The fraction of sp³-hybridized carbons (Fsp3) is 0.333. The van der Waals surface area contributed by atoms with Crippen LogP contribution in [0, 0.1) is 0 Å². The van der Waals surface area contributed by atoms with Crippen LogP contribution < -0.4 is 15.8 Å². The lowest BCUT2D eigenvalue weighted by atomic mass is 9.96. The quantitative estimate of drug-likeness (QED) is 0.248. The summed E-state index contributed by atoms with van der Waals surface area (Å²) in [5.41, 5.74) is -0.697. The van der Waals surface area contributed by atoms with Gasteiger partial charge in [-0.1, -0.05) is 28.4 Å². The van der Waals surface area contributed by atoms with Gasteiger partial charge in [-0.05, 0) is 38.0 Å². The van der Waals surface area contributed by atoms with Gasteiger partial charge in [0.1, 0.15) is 17.8 Å². The van der Waals surface area contributed by atoms with Crippen LogP contribution in [-0.4, -0.2) is 57.3 Å². The van der Waals surface area contributed by atoms with Crippen LogP contribution in [0.5, 0.6) is 5.75 Å². The summed E-state index contributed by atoms with van der Waals surface area (Å²) in [6.45, 7) is 2.23. The van der Waals surface area contributed by atoms with Crippen molar-refractivity contribution in [3.63, 3.8) is 0 Å². The van der Waals surface area contributed by atoms with Gasteiger partial charge in [-0.2, -0.15) is 4.79 Å². The van der Waals surface area contributed by atoms with E-state index >= 15 is 0 Å². The first-order chi connectivity index (χ1) is 18.7. The van der Waals surface area contributed by atoms with Crippen LogP contribution in [0.3, 0.4) is 0 Å². The molecule has 0 saturated carbocycles. The molecule has 13 nitrogen and oxygen atoms in total. The highest BCUT2D eigenvalue weighted by Crippen LogP contribution is 2.29. The highest BCUT2D eigenvalue weighted by molar-refractivity contribution is 6.42. The molecule has 2 amide bonds. The fourth-order valence-corrected chi connectivity index (χ4v) is 4.35. The third-order valence-corrected chi connectivity index (χ3v) is 6.62. The van der Waals surface area contributed by atoms with Crippen molar-refractivity contribution >= 4 is 46.9 Å². The van der Waals surface area contributed by atoms with E-state index in [2.05, 4.69) is 25.1 Å². The zero-order chi connectivity index (χ0) is 28.1. The summed E-state index contributed by atoms with van der Waals surface area (Å²) in [6.07, 6.45) is 2.39. The molecule has 0 spiro atoms. The van der Waals surface area contributed by atoms with Crippen molar-refractivity contribution in [2.75, 3.05) is 25.0 Å². The van der Waals surface area contributed by atoms with Gasteiger partial charge in [-0.15, -0.1) is 0 Å². The normalized spacial score (nSPS) is 15.0. The number of nitrogens with one attached hydrogen (secondary N) is 1. The number of anilines is 1. The second kappa shape index (κ2) is 12.2. The van der Waals surface area contributed by atoms with Gasteiger partial charge in [0.25, 0.3) is 17.6 Å². The molecule has 1 aromatic carbocycles. The van der Waals surface area contributed by atoms with Crippen molar-refractivity contribution in [2.24, 2.45) is 7.05 Å². The molecule has 39 heavy (non-hydrogen) atoms. The lowest BCUT2D eigenvalue weighted by Gasteiger charge is -2.33. The molecule has 3 aromatic rings. The van der Waals surface area contributed by atoms with Crippen LogP contribution in [0.4, 0.5) is 10.5 Å². The Balaban J connectivity index is 1.66. The molecule has 1 unspecified atom stereocenters. The van der Waals surface area contributed by atoms with E-state index in [0.717, 1.165) is 0 Å². The lowest BCUT2D eigenvalue weighted by Crippen LogP contribution is -2.41. The molecular formula is C24H23Cl2N5O8. The minimum absolute atomic E-state index is 0.00263. The number of amides is 2. The molecule has 4 rings (SSSR count). The van der Waals surface area contributed by atoms with E-state index in [1.807, 2.05) is 0 Å². The fourth-order valence-electron chi connectivity index (χ4n) is 4.05. The zero-order valence-electron chi connectivity index (χ0n) is 20.8. The predicted octanol–water partition coefficient (Wildman–Crippen LogP) is 3.81. The average Bonchev–Trinajstić information content (AvgIpc) is 3.43. The molecule has 0 aliphatic carbocycles. The second-order valence-electron chi connectivity index (χ2n) is 8.45. The van der Waals surface area contributed by atoms with Crippen molar-refractivity contribution in [2.45, 2.75) is 25.7 Å². The van der Waals surface area contributed by atoms with Gasteiger partial charge in [-0.25, -0.2) is 9.87 Å². The smallest absolute Gasteiger partial charge is 0.432 e. The molecule has 2 aromatic heterocycles. The number of halogens is 2. The van der Waals surface area contributed by atoms with Crippen LogP contribution >= 0.6 is 23.2 Å². The minimum Gasteiger partial charge on any atom is -0.432 e. The summed E-state index contributed by atoms with van der Waals surface area (Å²) >= 11 is 12.1. The number of hydrogen-bond donors (Lipinski definition) is 1. The number of nitrogens with zero attached hydrogens (tertiary/aromatic N) is 4. The molecule has 1 aliphatic rings. The van der Waals surface area contributed by atoms with Crippen LogP contribution in [0.2, 0.25) is 10.0 Å². The third kappa shape index (κ3) is 6.32. The van der Waals surface area contributed by atoms with E-state index in [0.29, 0.717) is 30.0 Å². The van der Waals surface area contributed by atoms with Crippen molar-refractivity contribution in [1.29, 1.82) is 0 Å². The second-order valence-corrected chi connectivity index (χ2v) is 9.26. The van der Waals surface area contributed by atoms with E-state index in [-0.39, 0.29) is 35.6 Å². The number of hydrogen-bond acceptors (Lipinski definition) is 10. The number of ether oxygens (including phenoxy) is 1. The highest BCUT2D eigenvalue weighted by Gasteiger charge is 2.32. The molecule has 1 fully saturated rings. The summed E-state index contributed by atoms with van der Waals surface area (Å²) in [6, 6.07) is 4.62. The van der Waals surface area contributed by atoms with Gasteiger partial charge in [0.05, 0.1) is 22.8 Å². The molecule has 1 aliphatic heterocycles. The number of benzene rings is 1. The molecule has 206 valence electrons. The van der Waals surface area contributed by atoms with Crippen LogP contribution in [0.15, 0.2) is 40.0 Å². The van der Waals surface area contributed by atoms with E-state index in [1.54, 1.807) is 24.0 Å². The van der Waals surface area contributed by atoms with Gasteiger partial charge >= 0.3 is 11.7 Å².